The van der Waals surface area contributed by atoms with Crippen molar-refractivity contribution in [1.29, 1.82) is 0 Å². The summed E-state index contributed by atoms with van der Waals surface area (Å²) in [7, 11) is 0. The Morgan fingerprint density at radius 1 is 1.19 bits per heavy atom. The Hall–Kier alpha value is -2.64. The van der Waals surface area contributed by atoms with E-state index in [1.807, 2.05) is 47.4 Å². The van der Waals surface area contributed by atoms with Crippen LogP contribution in [0.3, 0.4) is 0 Å². The van der Waals surface area contributed by atoms with E-state index in [1.54, 1.807) is 16.9 Å². The Labute approximate surface area is 157 Å². The second kappa shape index (κ2) is 8.16. The van der Waals surface area contributed by atoms with Crippen molar-refractivity contribution < 1.29 is 4.79 Å². The van der Waals surface area contributed by atoms with Crippen molar-refractivity contribution in [2.75, 3.05) is 18.4 Å². The van der Waals surface area contributed by atoms with Crippen LogP contribution in [0.25, 0.3) is 5.69 Å². The van der Waals surface area contributed by atoms with E-state index in [-0.39, 0.29) is 18.3 Å². The van der Waals surface area contributed by atoms with Gasteiger partial charge in [-0.25, -0.2) is 4.68 Å². The molecule has 0 radical (unpaired) electrons. The van der Waals surface area contributed by atoms with Gasteiger partial charge >= 0.3 is 0 Å². The molecule has 1 atom stereocenters. The third kappa shape index (κ3) is 3.95. The smallest absolute Gasteiger partial charge is 0.276 e. The monoisotopic (exact) mass is 372 g/mol. The fourth-order valence-corrected chi connectivity index (χ4v) is 3.04. The van der Waals surface area contributed by atoms with E-state index in [9.17, 15) is 4.79 Å². The molecule has 1 aliphatic rings. The molecule has 26 heavy (non-hydrogen) atoms. The molecule has 1 fully saturated rings. The van der Waals surface area contributed by atoms with Crippen LogP contribution >= 0.6 is 12.4 Å². The number of hydrogen-bond donors (Lipinski definition) is 2. The number of nitrogens with one attached hydrogen (secondary N) is 2. The molecule has 1 unspecified atom stereocenters. The van der Waals surface area contributed by atoms with Crippen LogP contribution in [0, 0.1) is 0 Å². The summed E-state index contributed by atoms with van der Waals surface area (Å²) in [6.07, 6.45) is 7.71. The van der Waals surface area contributed by atoms with Crippen LogP contribution < -0.4 is 10.6 Å². The third-order valence-corrected chi connectivity index (χ3v) is 4.38. The van der Waals surface area contributed by atoms with E-state index in [2.05, 4.69) is 20.8 Å². The quantitative estimate of drug-likeness (QED) is 0.738. The van der Waals surface area contributed by atoms with E-state index in [1.165, 1.54) is 0 Å². The minimum atomic E-state index is -0.200. The van der Waals surface area contributed by atoms with Gasteiger partial charge in [0.1, 0.15) is 0 Å². The van der Waals surface area contributed by atoms with E-state index in [4.69, 9.17) is 0 Å². The highest BCUT2D eigenvalue weighted by Crippen LogP contribution is 2.17. The van der Waals surface area contributed by atoms with Crippen LogP contribution in [0.5, 0.6) is 0 Å². The SMILES string of the molecule is Cl.O=C(Nc1ccc(-n2cccn2)cc1)c1ccn(C2CCCNC2)n1. The van der Waals surface area contributed by atoms with Crippen molar-refractivity contribution in [3.63, 3.8) is 0 Å². The summed E-state index contributed by atoms with van der Waals surface area (Å²) in [5, 5.41) is 14.9. The first-order valence-electron chi connectivity index (χ1n) is 8.47. The number of benzene rings is 1. The summed E-state index contributed by atoms with van der Waals surface area (Å²) < 4.78 is 3.66. The van der Waals surface area contributed by atoms with Crippen molar-refractivity contribution in [2.45, 2.75) is 18.9 Å². The number of amides is 1. The van der Waals surface area contributed by atoms with Crippen LogP contribution in [0.4, 0.5) is 5.69 Å². The standard InChI is InChI=1S/C18H20N6O.ClH/c25-18(17-8-12-24(22-17)16-3-1-9-19-13-16)21-14-4-6-15(7-5-14)23-11-2-10-20-23;/h2,4-8,10-12,16,19H,1,3,9,13H2,(H,21,25);1H. The second-order valence-electron chi connectivity index (χ2n) is 6.13. The minimum Gasteiger partial charge on any atom is -0.321 e. The highest BCUT2D eigenvalue weighted by molar-refractivity contribution is 6.02. The van der Waals surface area contributed by atoms with Gasteiger partial charge < -0.3 is 10.6 Å². The predicted octanol–water partition coefficient (Wildman–Crippen LogP) is 2.67. The first-order chi connectivity index (χ1) is 12.3. The number of hydrogen-bond acceptors (Lipinski definition) is 4. The Kier molecular flexibility index (Phi) is 5.70. The number of aromatic nitrogens is 4. The van der Waals surface area contributed by atoms with Gasteiger partial charge in [0.05, 0.1) is 11.7 Å². The number of anilines is 1. The Morgan fingerprint density at radius 2 is 2.04 bits per heavy atom. The van der Waals surface area contributed by atoms with Crippen molar-refractivity contribution >= 4 is 24.0 Å². The molecule has 2 N–H and O–H groups in total. The van der Waals surface area contributed by atoms with Gasteiger partial charge in [-0.1, -0.05) is 0 Å². The first kappa shape index (κ1) is 18.2. The average Bonchev–Trinajstić information content (AvgIpc) is 3.35. The van der Waals surface area contributed by atoms with Gasteiger partial charge in [0.2, 0.25) is 0 Å². The third-order valence-electron chi connectivity index (χ3n) is 4.38. The van der Waals surface area contributed by atoms with Gasteiger partial charge in [-0.2, -0.15) is 10.2 Å². The molecular formula is C18H21ClN6O. The van der Waals surface area contributed by atoms with Gasteiger partial charge in [0.15, 0.2) is 5.69 Å². The second-order valence-corrected chi connectivity index (χ2v) is 6.13. The minimum absolute atomic E-state index is 0. The van der Waals surface area contributed by atoms with Crippen LogP contribution in [0.1, 0.15) is 29.4 Å². The van der Waals surface area contributed by atoms with E-state index in [0.29, 0.717) is 11.7 Å². The summed E-state index contributed by atoms with van der Waals surface area (Å²) >= 11 is 0. The number of carbonyl (C=O) groups excluding carboxylic acids is 1. The fraction of sp³-hybridized carbons (Fsp3) is 0.278. The van der Waals surface area contributed by atoms with Crippen LogP contribution in [0.15, 0.2) is 55.0 Å². The number of carbonyl (C=O) groups is 1. The molecule has 2 aromatic heterocycles. The molecule has 0 saturated carbocycles. The van der Waals surface area contributed by atoms with Crippen molar-refractivity contribution in [2.24, 2.45) is 0 Å². The largest absolute Gasteiger partial charge is 0.321 e. The highest BCUT2D eigenvalue weighted by atomic mass is 35.5. The molecule has 3 aromatic rings. The molecule has 0 bridgehead atoms. The molecule has 0 aliphatic carbocycles. The summed E-state index contributed by atoms with van der Waals surface area (Å²) in [6.45, 7) is 1.96. The maximum Gasteiger partial charge on any atom is 0.276 e. The molecule has 1 aromatic carbocycles. The molecule has 8 heteroatoms. The maximum atomic E-state index is 12.4. The van der Waals surface area contributed by atoms with E-state index >= 15 is 0 Å². The van der Waals surface area contributed by atoms with Gasteiger partial charge in [-0.3, -0.25) is 9.48 Å². The van der Waals surface area contributed by atoms with Crippen molar-refractivity contribution in [1.82, 2.24) is 24.9 Å². The topological polar surface area (TPSA) is 76.8 Å². The number of nitrogens with zero attached hydrogens (tertiary/aromatic N) is 4. The lowest BCUT2D eigenvalue weighted by molar-refractivity contribution is 0.102. The fourth-order valence-electron chi connectivity index (χ4n) is 3.04. The first-order valence-corrected chi connectivity index (χ1v) is 8.47. The lowest BCUT2D eigenvalue weighted by Gasteiger charge is -2.22. The van der Waals surface area contributed by atoms with Gasteiger partial charge in [-0.15, -0.1) is 12.4 Å². The summed E-state index contributed by atoms with van der Waals surface area (Å²) in [5.41, 5.74) is 2.11. The molecular weight excluding hydrogens is 352 g/mol. The van der Waals surface area contributed by atoms with Crippen LogP contribution in [-0.4, -0.2) is 38.6 Å². The van der Waals surface area contributed by atoms with Gasteiger partial charge in [0.25, 0.3) is 5.91 Å². The Morgan fingerprint density at radius 3 is 2.73 bits per heavy atom. The Bertz CT molecular complexity index is 837. The number of piperidine rings is 1. The number of rotatable bonds is 4. The predicted molar refractivity (Wildman–Crippen MR) is 102 cm³/mol. The molecule has 0 spiro atoms. The molecule has 1 amide bonds. The lowest BCUT2D eigenvalue weighted by atomic mass is 10.1. The molecule has 1 aliphatic heterocycles. The summed E-state index contributed by atoms with van der Waals surface area (Å²) in [6, 6.07) is 11.5. The van der Waals surface area contributed by atoms with Crippen LogP contribution in [0.2, 0.25) is 0 Å². The van der Waals surface area contributed by atoms with Crippen molar-refractivity contribution in [3.8, 4) is 5.69 Å². The summed E-state index contributed by atoms with van der Waals surface area (Å²) in [5.74, 6) is -0.200. The normalized spacial score (nSPS) is 16.7. The zero-order valence-electron chi connectivity index (χ0n) is 14.2. The maximum absolute atomic E-state index is 12.4. The highest BCUT2D eigenvalue weighted by Gasteiger charge is 2.17. The summed E-state index contributed by atoms with van der Waals surface area (Å²) in [4.78, 5) is 12.4. The average molecular weight is 373 g/mol. The van der Waals surface area contributed by atoms with E-state index in [0.717, 1.165) is 37.3 Å². The zero-order valence-corrected chi connectivity index (χ0v) is 15.0. The lowest BCUT2D eigenvalue weighted by Crippen LogP contribution is -2.32. The molecule has 136 valence electrons. The molecule has 3 heterocycles. The molecule has 7 nitrogen and oxygen atoms in total. The molecule has 1 saturated heterocycles. The Balaban J connectivity index is 0.00000196. The number of halogens is 1. The van der Waals surface area contributed by atoms with Crippen molar-refractivity contribution in [3.05, 3.63) is 60.7 Å². The zero-order chi connectivity index (χ0) is 17.1. The van der Waals surface area contributed by atoms with Gasteiger partial charge in [0, 0.05) is 30.8 Å². The van der Waals surface area contributed by atoms with Crippen LogP contribution in [-0.2, 0) is 0 Å². The van der Waals surface area contributed by atoms with Gasteiger partial charge in [-0.05, 0) is 55.8 Å². The molecule has 4 rings (SSSR count). The van der Waals surface area contributed by atoms with E-state index < -0.39 is 0 Å².